The number of sulfone groups is 1. The van der Waals surface area contributed by atoms with Crippen LogP contribution < -0.4 is 19.8 Å². The summed E-state index contributed by atoms with van der Waals surface area (Å²) in [6, 6.07) is 16.6. The number of halogens is 1. The molecule has 4 rings (SSSR count). The highest BCUT2D eigenvalue weighted by Gasteiger charge is 2.35. The highest BCUT2D eigenvalue weighted by Crippen LogP contribution is 2.26. The van der Waals surface area contributed by atoms with Gasteiger partial charge in [-0.15, -0.1) is 0 Å². The first-order chi connectivity index (χ1) is 18.3. The van der Waals surface area contributed by atoms with Gasteiger partial charge in [-0.25, -0.2) is 18.2 Å². The van der Waals surface area contributed by atoms with Crippen LogP contribution in [-0.4, -0.2) is 44.0 Å². The molecule has 196 valence electrons. The summed E-state index contributed by atoms with van der Waals surface area (Å²) in [7, 11) is -4.26. The van der Waals surface area contributed by atoms with Crippen molar-refractivity contribution in [2.45, 2.75) is 9.92 Å². The van der Waals surface area contributed by atoms with E-state index in [2.05, 4.69) is 20.3 Å². The van der Waals surface area contributed by atoms with E-state index in [0.29, 0.717) is 5.56 Å². The van der Waals surface area contributed by atoms with Crippen molar-refractivity contribution in [1.29, 1.82) is 0 Å². The minimum absolute atomic E-state index is 0.0804. The summed E-state index contributed by atoms with van der Waals surface area (Å²) in [6.45, 7) is -0.367. The first-order valence-electron chi connectivity index (χ1n) is 10.8. The number of phenols is 1. The summed E-state index contributed by atoms with van der Waals surface area (Å²) in [5.74, 6) is -1.85. The molecule has 38 heavy (non-hydrogen) atoms. The number of benzene rings is 3. The van der Waals surface area contributed by atoms with Gasteiger partial charge in [-0.05, 0) is 46.9 Å². The number of aromatic nitrogens is 2. The number of hydrogen-bond donors (Lipinski definition) is 2. The van der Waals surface area contributed by atoms with Gasteiger partial charge in [0.2, 0.25) is 0 Å². The van der Waals surface area contributed by atoms with Gasteiger partial charge < -0.3 is 19.8 Å². The van der Waals surface area contributed by atoms with Gasteiger partial charge in [-0.2, -0.15) is 5.10 Å². The lowest BCUT2D eigenvalue weighted by atomic mass is 10.2. The average Bonchev–Trinajstić information content (AvgIpc) is 3.29. The van der Waals surface area contributed by atoms with Crippen molar-refractivity contribution in [3.8, 4) is 17.4 Å². The minimum atomic E-state index is -4.26. The average molecular weight is 543 g/mol. The third kappa shape index (κ3) is 6.04. The van der Waals surface area contributed by atoms with E-state index in [9.17, 15) is 27.9 Å². The first-order valence-corrected chi connectivity index (χ1v) is 12.3. The number of phenolic OH excluding ortho intramolecular Hbond substituents is 1. The Morgan fingerprint density at radius 3 is 2.53 bits per heavy atom. The molecule has 0 spiro atoms. The van der Waals surface area contributed by atoms with Crippen LogP contribution in [0.15, 0.2) is 92.4 Å². The molecule has 1 amide bonds. The molecule has 3 aromatic carbocycles. The molecular weight excluding hydrogens is 523 g/mol. The molecule has 0 atom stereocenters. The molecule has 0 aliphatic rings. The number of nitrogens with zero attached hydrogens (tertiary/aromatic N) is 3. The Labute approximate surface area is 215 Å². The van der Waals surface area contributed by atoms with Crippen LogP contribution in [0.5, 0.6) is 17.4 Å². The van der Waals surface area contributed by atoms with Crippen molar-refractivity contribution in [2.75, 3.05) is 13.2 Å². The van der Waals surface area contributed by atoms with Crippen molar-refractivity contribution in [1.82, 2.24) is 10.6 Å². The third-order valence-electron chi connectivity index (χ3n) is 4.91. The number of nitrogens with one attached hydrogen (secondary N) is 1. The molecular formula is C24H19FN4O8S. The van der Waals surface area contributed by atoms with Crippen LogP contribution in [0.1, 0.15) is 15.9 Å². The predicted molar refractivity (Wildman–Crippen MR) is 128 cm³/mol. The minimum Gasteiger partial charge on any atom is -0.507 e. The van der Waals surface area contributed by atoms with Gasteiger partial charge in [0.15, 0.2) is 0 Å². The number of rotatable bonds is 10. The van der Waals surface area contributed by atoms with Crippen LogP contribution in [0.2, 0.25) is 0 Å². The van der Waals surface area contributed by atoms with Crippen LogP contribution in [0.25, 0.3) is 0 Å². The van der Waals surface area contributed by atoms with Crippen LogP contribution in [0.4, 0.5) is 4.39 Å². The first kappa shape index (κ1) is 26.1. The normalized spacial score (nSPS) is 11.4. The van der Waals surface area contributed by atoms with E-state index in [0.717, 1.165) is 0 Å². The van der Waals surface area contributed by atoms with Gasteiger partial charge in [0.1, 0.15) is 30.5 Å². The zero-order valence-corrected chi connectivity index (χ0v) is 20.2. The number of ether oxygens (including phenoxy) is 2. The van der Waals surface area contributed by atoms with Gasteiger partial charge in [0, 0.05) is 6.07 Å². The number of hydrazone groups is 1. The zero-order chi connectivity index (χ0) is 27.1. The molecule has 0 bridgehead atoms. The Balaban J connectivity index is 1.32. The van der Waals surface area contributed by atoms with Gasteiger partial charge in [0.25, 0.3) is 15.7 Å². The highest BCUT2D eigenvalue weighted by atomic mass is 32.2. The fraction of sp³-hybridized carbons (Fsp3) is 0.0833. The molecule has 0 unspecified atom stereocenters. The fourth-order valence-corrected chi connectivity index (χ4v) is 4.40. The molecule has 12 nitrogen and oxygen atoms in total. The Bertz CT molecular complexity index is 1560. The number of aromatic hydroxyl groups is 1. The molecule has 14 heteroatoms. The highest BCUT2D eigenvalue weighted by molar-refractivity contribution is 7.91. The quantitative estimate of drug-likeness (QED) is 0.132. The van der Waals surface area contributed by atoms with E-state index >= 15 is 0 Å². The van der Waals surface area contributed by atoms with Crippen molar-refractivity contribution >= 4 is 22.0 Å². The lowest BCUT2D eigenvalue weighted by molar-refractivity contribution is -0.832. The SMILES string of the molecule is O=C(N/N=C/c1ccc(F)cc1)c1ccc(OCCOc2no[n+]([O-])c2S(=O)(=O)c2ccccc2)cc1O. The molecule has 0 aliphatic heterocycles. The lowest BCUT2D eigenvalue weighted by Gasteiger charge is -2.08. The van der Waals surface area contributed by atoms with E-state index in [1.54, 1.807) is 6.07 Å². The second-order valence-electron chi connectivity index (χ2n) is 7.48. The molecule has 0 saturated heterocycles. The third-order valence-corrected chi connectivity index (χ3v) is 6.63. The summed E-state index contributed by atoms with van der Waals surface area (Å²) in [5.41, 5.74) is 2.72. The maximum Gasteiger partial charge on any atom is 0.415 e. The number of carbonyl (C=O) groups is 1. The van der Waals surface area contributed by atoms with Gasteiger partial charge in [0.05, 0.1) is 21.8 Å². The Kier molecular flexibility index (Phi) is 7.82. The Hall–Kier alpha value is -4.98. The molecule has 1 heterocycles. The summed E-state index contributed by atoms with van der Waals surface area (Å²) in [6.07, 6.45) is 1.31. The molecule has 0 radical (unpaired) electrons. The molecule has 2 N–H and O–H groups in total. The monoisotopic (exact) mass is 542 g/mol. The van der Waals surface area contributed by atoms with E-state index in [1.807, 2.05) is 0 Å². The van der Waals surface area contributed by atoms with Crippen LogP contribution in [0, 0.1) is 11.0 Å². The van der Waals surface area contributed by atoms with Gasteiger partial charge in [-0.3, -0.25) is 9.42 Å². The number of hydrogen-bond acceptors (Lipinski definition) is 10. The maximum absolute atomic E-state index is 12.9. The van der Waals surface area contributed by atoms with Crippen molar-refractivity contribution in [2.24, 2.45) is 5.10 Å². The summed E-state index contributed by atoms with van der Waals surface area (Å²) in [4.78, 5) is 11.9. The second-order valence-corrected chi connectivity index (χ2v) is 9.35. The van der Waals surface area contributed by atoms with Crippen LogP contribution in [0.3, 0.4) is 0 Å². The van der Waals surface area contributed by atoms with Crippen LogP contribution >= 0.6 is 0 Å². The van der Waals surface area contributed by atoms with Crippen molar-refractivity contribution in [3.63, 3.8) is 0 Å². The lowest BCUT2D eigenvalue weighted by Crippen LogP contribution is -2.31. The molecule has 1 aromatic heterocycles. The largest absolute Gasteiger partial charge is 0.507 e. The van der Waals surface area contributed by atoms with Crippen molar-refractivity contribution < 1.29 is 41.7 Å². The molecule has 0 aliphatic carbocycles. The van der Waals surface area contributed by atoms with Crippen molar-refractivity contribution in [3.05, 3.63) is 94.9 Å². The summed E-state index contributed by atoms with van der Waals surface area (Å²) >= 11 is 0. The predicted octanol–water partition coefficient (Wildman–Crippen LogP) is 2.21. The van der Waals surface area contributed by atoms with E-state index in [4.69, 9.17) is 9.47 Å². The molecule has 0 fully saturated rings. The van der Waals surface area contributed by atoms with Gasteiger partial charge >= 0.3 is 10.9 Å². The smallest absolute Gasteiger partial charge is 0.415 e. The van der Waals surface area contributed by atoms with Crippen LogP contribution in [-0.2, 0) is 9.84 Å². The summed E-state index contributed by atoms with van der Waals surface area (Å²) in [5, 5.41) is 28.4. The number of carbonyl (C=O) groups excluding carboxylic acids is 1. The van der Waals surface area contributed by atoms with E-state index in [1.165, 1.54) is 72.9 Å². The summed E-state index contributed by atoms with van der Waals surface area (Å²) < 4.78 is 53.5. The zero-order valence-electron chi connectivity index (χ0n) is 19.4. The Morgan fingerprint density at radius 1 is 1.11 bits per heavy atom. The second kappa shape index (κ2) is 11.4. The fourth-order valence-electron chi connectivity index (χ4n) is 3.11. The molecule has 0 saturated carbocycles. The Morgan fingerprint density at radius 2 is 1.82 bits per heavy atom. The standard InChI is InChI=1S/C24H19FN4O8S/c25-17-8-6-16(7-9-17)15-26-27-22(31)20-11-10-18(14-21(20)30)35-12-13-36-23-24(29(32)37-28-23)38(33,34)19-4-2-1-3-5-19/h1-11,14-15,30H,12-13H2,(H,27,31)/b26-15+. The topological polar surface area (TPSA) is 167 Å². The van der Waals surface area contributed by atoms with Gasteiger partial charge in [-0.1, -0.05) is 30.3 Å². The van der Waals surface area contributed by atoms with E-state index in [-0.39, 0.29) is 34.3 Å². The number of amides is 1. The molecule has 4 aromatic rings. The maximum atomic E-state index is 12.9. The van der Waals surface area contributed by atoms with E-state index < -0.39 is 38.2 Å².